The van der Waals surface area contributed by atoms with E-state index in [2.05, 4.69) is 5.32 Å². The van der Waals surface area contributed by atoms with E-state index in [4.69, 9.17) is 21.1 Å². The highest BCUT2D eigenvalue weighted by Crippen LogP contribution is 2.26. The Morgan fingerprint density at radius 1 is 1.35 bits per heavy atom. The first-order valence-corrected chi connectivity index (χ1v) is 7.64. The van der Waals surface area contributed by atoms with E-state index < -0.39 is 5.82 Å². The molecule has 1 aliphatic heterocycles. The maximum atomic E-state index is 13.2. The van der Waals surface area contributed by atoms with Gasteiger partial charge in [-0.1, -0.05) is 11.6 Å². The average Bonchev–Trinajstić information content (AvgIpc) is 3.15. The number of nitrogens with one attached hydrogen (secondary N) is 1. The van der Waals surface area contributed by atoms with Crippen LogP contribution in [0.5, 0.6) is 0 Å². The van der Waals surface area contributed by atoms with E-state index >= 15 is 0 Å². The fourth-order valence-electron chi connectivity index (χ4n) is 2.60. The van der Waals surface area contributed by atoms with Gasteiger partial charge in [-0.25, -0.2) is 4.39 Å². The summed E-state index contributed by atoms with van der Waals surface area (Å²) >= 11 is 5.77. The molecule has 1 amide bonds. The summed E-state index contributed by atoms with van der Waals surface area (Å²) in [6.45, 7) is 0.786. The third kappa shape index (κ3) is 3.39. The third-order valence-electron chi connectivity index (χ3n) is 3.82. The standard InChI is InChI=1S/C16H16ClFN2O3/c17-13-7-10(1-4-14(13)18)20-6-5-15(16(20)22)19-8-11-2-3-12(9-21)23-11/h1-4,7,15,19,21H,5-6,8-9H2. The molecule has 7 heteroatoms. The Balaban J connectivity index is 1.63. The number of aliphatic hydroxyl groups excluding tert-OH is 1. The summed E-state index contributed by atoms with van der Waals surface area (Å²) in [7, 11) is 0. The number of hydrogen-bond acceptors (Lipinski definition) is 4. The topological polar surface area (TPSA) is 65.7 Å². The van der Waals surface area contributed by atoms with E-state index in [9.17, 15) is 9.18 Å². The summed E-state index contributed by atoms with van der Waals surface area (Å²) in [5.41, 5.74) is 0.589. The highest BCUT2D eigenvalue weighted by Gasteiger charge is 2.32. The second-order valence-electron chi connectivity index (χ2n) is 5.34. The first kappa shape index (κ1) is 16.0. The molecule has 0 aliphatic carbocycles. The van der Waals surface area contributed by atoms with Gasteiger partial charge in [0.2, 0.25) is 5.91 Å². The lowest BCUT2D eigenvalue weighted by molar-refractivity contribution is -0.118. The quantitative estimate of drug-likeness (QED) is 0.879. The Morgan fingerprint density at radius 3 is 2.83 bits per heavy atom. The van der Waals surface area contributed by atoms with Gasteiger partial charge in [-0.3, -0.25) is 10.1 Å². The number of anilines is 1. The Labute approximate surface area is 137 Å². The molecule has 0 saturated carbocycles. The van der Waals surface area contributed by atoms with Gasteiger partial charge in [-0.2, -0.15) is 0 Å². The maximum absolute atomic E-state index is 13.2. The predicted octanol–water partition coefficient (Wildman–Crippen LogP) is 2.46. The number of furan rings is 1. The van der Waals surface area contributed by atoms with Crippen LogP contribution in [0.15, 0.2) is 34.7 Å². The molecule has 1 aromatic carbocycles. The molecule has 1 aromatic heterocycles. The van der Waals surface area contributed by atoms with Gasteiger partial charge in [0.25, 0.3) is 0 Å². The molecule has 1 fully saturated rings. The van der Waals surface area contributed by atoms with Crippen LogP contribution in [-0.2, 0) is 17.9 Å². The van der Waals surface area contributed by atoms with Crippen LogP contribution in [0.4, 0.5) is 10.1 Å². The van der Waals surface area contributed by atoms with E-state index in [0.29, 0.717) is 36.7 Å². The molecule has 2 aromatic rings. The Bertz CT molecular complexity index is 719. The molecular formula is C16H16ClFN2O3. The molecule has 1 atom stereocenters. The summed E-state index contributed by atoms with van der Waals surface area (Å²) in [5.74, 6) is 0.558. The van der Waals surface area contributed by atoms with Crippen molar-refractivity contribution in [1.82, 2.24) is 5.32 Å². The number of nitrogens with zero attached hydrogens (tertiary/aromatic N) is 1. The van der Waals surface area contributed by atoms with Gasteiger partial charge in [0.15, 0.2) is 0 Å². The first-order chi connectivity index (χ1) is 11.1. The molecule has 1 saturated heterocycles. The summed E-state index contributed by atoms with van der Waals surface area (Å²) < 4.78 is 18.6. The summed E-state index contributed by atoms with van der Waals surface area (Å²) in [4.78, 5) is 14.0. The van der Waals surface area contributed by atoms with Crippen LogP contribution in [-0.4, -0.2) is 23.6 Å². The number of carbonyl (C=O) groups excluding carboxylic acids is 1. The van der Waals surface area contributed by atoms with Crippen LogP contribution in [0.1, 0.15) is 17.9 Å². The van der Waals surface area contributed by atoms with Crippen molar-refractivity contribution in [1.29, 1.82) is 0 Å². The van der Waals surface area contributed by atoms with Crippen LogP contribution in [0.2, 0.25) is 5.02 Å². The smallest absolute Gasteiger partial charge is 0.244 e. The first-order valence-electron chi connectivity index (χ1n) is 7.26. The van der Waals surface area contributed by atoms with Crippen molar-refractivity contribution < 1.29 is 18.7 Å². The van der Waals surface area contributed by atoms with Crippen LogP contribution in [0, 0.1) is 5.82 Å². The molecule has 0 spiro atoms. The highest BCUT2D eigenvalue weighted by atomic mass is 35.5. The number of amides is 1. The lowest BCUT2D eigenvalue weighted by Crippen LogP contribution is -2.37. The second-order valence-corrected chi connectivity index (χ2v) is 5.74. The molecule has 0 radical (unpaired) electrons. The maximum Gasteiger partial charge on any atom is 0.244 e. The molecule has 0 bridgehead atoms. The molecule has 1 unspecified atom stereocenters. The minimum Gasteiger partial charge on any atom is -0.462 e. The molecule has 5 nitrogen and oxygen atoms in total. The summed E-state index contributed by atoms with van der Waals surface area (Å²) in [6, 6.07) is 7.38. The minimum atomic E-state index is -0.505. The molecule has 1 aliphatic rings. The zero-order valence-electron chi connectivity index (χ0n) is 12.3. The summed E-state index contributed by atoms with van der Waals surface area (Å²) in [5, 5.41) is 12.1. The van der Waals surface area contributed by atoms with Gasteiger partial charge < -0.3 is 14.4 Å². The van der Waals surface area contributed by atoms with Crippen molar-refractivity contribution in [2.24, 2.45) is 0 Å². The number of halogens is 2. The lowest BCUT2D eigenvalue weighted by Gasteiger charge is -2.17. The van der Waals surface area contributed by atoms with Gasteiger partial charge >= 0.3 is 0 Å². The van der Waals surface area contributed by atoms with Crippen molar-refractivity contribution in [3.63, 3.8) is 0 Å². The van der Waals surface area contributed by atoms with E-state index in [1.165, 1.54) is 12.1 Å². The zero-order valence-corrected chi connectivity index (χ0v) is 13.0. The zero-order chi connectivity index (χ0) is 16.4. The van der Waals surface area contributed by atoms with Gasteiger partial charge in [0.1, 0.15) is 23.9 Å². The predicted molar refractivity (Wildman–Crippen MR) is 83.6 cm³/mol. The highest BCUT2D eigenvalue weighted by molar-refractivity contribution is 6.31. The molecule has 2 N–H and O–H groups in total. The van der Waals surface area contributed by atoms with Crippen molar-refractivity contribution in [3.05, 3.63) is 52.7 Å². The van der Waals surface area contributed by atoms with Crippen LogP contribution in [0.3, 0.4) is 0 Å². The second kappa shape index (κ2) is 6.70. The van der Waals surface area contributed by atoms with Crippen LogP contribution in [0.25, 0.3) is 0 Å². The fraction of sp³-hybridized carbons (Fsp3) is 0.312. The van der Waals surface area contributed by atoms with E-state index in [-0.39, 0.29) is 23.6 Å². The Hall–Kier alpha value is -1.89. The lowest BCUT2D eigenvalue weighted by atomic mass is 10.2. The van der Waals surface area contributed by atoms with E-state index in [1.54, 1.807) is 23.1 Å². The van der Waals surface area contributed by atoms with Gasteiger partial charge in [0.05, 0.1) is 17.6 Å². The van der Waals surface area contributed by atoms with Gasteiger partial charge in [-0.15, -0.1) is 0 Å². The molecule has 2 heterocycles. The summed E-state index contributed by atoms with van der Waals surface area (Å²) in [6.07, 6.45) is 0.640. The van der Waals surface area contributed by atoms with Crippen molar-refractivity contribution in [3.8, 4) is 0 Å². The Kier molecular flexibility index (Phi) is 4.66. The van der Waals surface area contributed by atoms with Gasteiger partial charge in [0, 0.05) is 12.2 Å². The number of carbonyl (C=O) groups is 1. The van der Waals surface area contributed by atoms with Gasteiger partial charge in [-0.05, 0) is 36.8 Å². The number of aliphatic hydroxyl groups is 1. The SMILES string of the molecule is O=C1C(NCc2ccc(CO)o2)CCN1c1ccc(F)c(Cl)c1. The largest absolute Gasteiger partial charge is 0.462 e. The van der Waals surface area contributed by atoms with Crippen molar-refractivity contribution >= 4 is 23.2 Å². The van der Waals surface area contributed by atoms with Crippen molar-refractivity contribution in [2.45, 2.75) is 25.6 Å². The number of benzene rings is 1. The van der Waals surface area contributed by atoms with E-state index in [0.717, 1.165) is 0 Å². The van der Waals surface area contributed by atoms with E-state index in [1.807, 2.05) is 0 Å². The number of hydrogen-bond donors (Lipinski definition) is 2. The molecule has 3 rings (SSSR count). The molecule has 122 valence electrons. The fourth-order valence-corrected chi connectivity index (χ4v) is 2.78. The normalized spacial score (nSPS) is 18.0. The van der Waals surface area contributed by atoms with Crippen LogP contribution < -0.4 is 10.2 Å². The minimum absolute atomic E-state index is 0.00109. The van der Waals surface area contributed by atoms with Crippen molar-refractivity contribution in [2.75, 3.05) is 11.4 Å². The molecule has 23 heavy (non-hydrogen) atoms. The third-order valence-corrected chi connectivity index (χ3v) is 4.11. The molecular weight excluding hydrogens is 323 g/mol. The van der Waals surface area contributed by atoms with Crippen LogP contribution >= 0.6 is 11.6 Å². The average molecular weight is 339 g/mol. The number of rotatable bonds is 5. The Morgan fingerprint density at radius 2 is 2.13 bits per heavy atom. The monoisotopic (exact) mass is 338 g/mol.